The summed E-state index contributed by atoms with van der Waals surface area (Å²) in [6.07, 6.45) is 12.4. The highest BCUT2D eigenvalue weighted by atomic mass is 16.6. The first-order valence-electron chi connectivity index (χ1n) is 15.5. The molecule has 4 nitrogen and oxygen atoms in total. The zero-order chi connectivity index (χ0) is 28.6. The Morgan fingerprint density at radius 3 is 1.31 bits per heavy atom. The van der Waals surface area contributed by atoms with Crippen molar-refractivity contribution >= 4 is 11.9 Å². The molecule has 0 fully saturated rings. The molecule has 0 aliphatic carbocycles. The quantitative estimate of drug-likeness (QED) is 0.178. The Labute approximate surface area is 237 Å². The van der Waals surface area contributed by atoms with Crippen molar-refractivity contribution < 1.29 is 19.1 Å². The van der Waals surface area contributed by atoms with E-state index in [2.05, 4.69) is 52.0 Å². The van der Waals surface area contributed by atoms with Gasteiger partial charge in [0.15, 0.2) is 0 Å². The van der Waals surface area contributed by atoms with E-state index in [1.54, 1.807) is 0 Å². The van der Waals surface area contributed by atoms with E-state index in [1.807, 2.05) is 26.0 Å². The maximum atomic E-state index is 13.1. The van der Waals surface area contributed by atoms with Gasteiger partial charge in [-0.15, -0.1) is 0 Å². The minimum absolute atomic E-state index is 0.293. The molecule has 0 aromatic heterocycles. The van der Waals surface area contributed by atoms with Crippen molar-refractivity contribution in [3.05, 3.63) is 69.8 Å². The summed E-state index contributed by atoms with van der Waals surface area (Å²) in [5.41, 5.74) is 6.02. The van der Waals surface area contributed by atoms with Gasteiger partial charge in [-0.25, -0.2) is 9.59 Å². The van der Waals surface area contributed by atoms with Crippen LogP contribution in [-0.4, -0.2) is 24.1 Å². The summed E-state index contributed by atoms with van der Waals surface area (Å²) in [5.74, 6) is -0.586. The number of hydrogen-bond donors (Lipinski definition) is 0. The van der Waals surface area contributed by atoms with E-state index in [0.29, 0.717) is 17.5 Å². The van der Waals surface area contributed by atoms with Crippen molar-refractivity contribution in [2.24, 2.45) is 0 Å². The summed E-state index contributed by atoms with van der Waals surface area (Å²) < 4.78 is 11.7. The lowest BCUT2D eigenvalue weighted by molar-refractivity contribution is 0.00752. The van der Waals surface area contributed by atoms with E-state index >= 15 is 0 Å². The molecule has 0 amide bonds. The van der Waals surface area contributed by atoms with Gasteiger partial charge in [-0.2, -0.15) is 0 Å². The van der Waals surface area contributed by atoms with Crippen LogP contribution >= 0.6 is 0 Å². The molecule has 0 saturated heterocycles. The summed E-state index contributed by atoms with van der Waals surface area (Å²) in [6, 6.07) is 12.3. The zero-order valence-corrected chi connectivity index (χ0v) is 25.4. The molecular weight excluding hydrogens is 484 g/mol. The summed E-state index contributed by atoms with van der Waals surface area (Å²) in [7, 11) is 0. The van der Waals surface area contributed by atoms with Gasteiger partial charge in [0.1, 0.15) is 12.2 Å². The highest BCUT2D eigenvalue weighted by molar-refractivity contribution is 5.92. The minimum Gasteiger partial charge on any atom is -0.459 e. The second-order valence-electron chi connectivity index (χ2n) is 11.1. The Balaban J connectivity index is 2.02. The Bertz CT molecular complexity index is 944. The van der Waals surface area contributed by atoms with Crippen LogP contribution < -0.4 is 0 Å². The fourth-order valence-electron chi connectivity index (χ4n) is 4.97. The number of carbonyl (C=O) groups excluding carboxylic acids is 2. The van der Waals surface area contributed by atoms with Crippen molar-refractivity contribution in [1.82, 2.24) is 0 Å². The maximum Gasteiger partial charge on any atom is 0.338 e. The lowest BCUT2D eigenvalue weighted by atomic mass is 9.97. The molecule has 0 aliphatic heterocycles. The maximum absolute atomic E-state index is 13.1. The largest absolute Gasteiger partial charge is 0.459 e. The van der Waals surface area contributed by atoms with E-state index in [0.717, 1.165) is 88.2 Å². The first-order valence-corrected chi connectivity index (χ1v) is 15.5. The fraction of sp³-hybridized carbons (Fsp3) is 0.600. The number of carbonyl (C=O) groups is 2. The van der Waals surface area contributed by atoms with E-state index in [4.69, 9.17) is 9.47 Å². The minimum atomic E-state index is -0.366. The van der Waals surface area contributed by atoms with Crippen molar-refractivity contribution in [2.75, 3.05) is 0 Å². The van der Waals surface area contributed by atoms with Gasteiger partial charge < -0.3 is 9.47 Å². The molecule has 0 saturated carbocycles. The Hall–Kier alpha value is -2.62. The Morgan fingerprint density at radius 2 is 0.949 bits per heavy atom. The van der Waals surface area contributed by atoms with Gasteiger partial charge in [0.05, 0.1) is 11.1 Å². The van der Waals surface area contributed by atoms with Crippen molar-refractivity contribution in [3.63, 3.8) is 0 Å². The van der Waals surface area contributed by atoms with Crippen LogP contribution in [0.2, 0.25) is 0 Å². The second kappa shape index (κ2) is 17.9. The smallest absolute Gasteiger partial charge is 0.338 e. The Morgan fingerprint density at radius 1 is 0.590 bits per heavy atom. The van der Waals surface area contributed by atoms with E-state index < -0.39 is 0 Å². The summed E-state index contributed by atoms with van der Waals surface area (Å²) in [4.78, 5) is 26.2. The number of esters is 2. The van der Waals surface area contributed by atoms with Crippen LogP contribution in [0.3, 0.4) is 0 Å². The highest BCUT2D eigenvalue weighted by Crippen LogP contribution is 2.21. The van der Waals surface area contributed by atoms with Crippen LogP contribution in [0.1, 0.15) is 142 Å². The lowest BCUT2D eigenvalue weighted by Crippen LogP contribution is -2.24. The number of aryl methyl sites for hydroxylation is 4. The predicted molar refractivity (Wildman–Crippen MR) is 162 cm³/mol. The molecule has 2 rings (SSSR count). The van der Waals surface area contributed by atoms with Gasteiger partial charge >= 0.3 is 11.9 Å². The molecular formula is C35H52O4. The lowest BCUT2D eigenvalue weighted by Gasteiger charge is -2.20. The molecule has 2 atom stereocenters. The number of unbranched alkanes of at least 4 members (excludes halogenated alkanes) is 4. The van der Waals surface area contributed by atoms with Gasteiger partial charge in [0, 0.05) is 6.42 Å². The van der Waals surface area contributed by atoms with Crippen LogP contribution in [0.15, 0.2) is 36.4 Å². The zero-order valence-electron chi connectivity index (χ0n) is 25.4. The van der Waals surface area contributed by atoms with Crippen molar-refractivity contribution in [1.29, 1.82) is 0 Å². The number of ether oxygens (including phenoxy) is 2. The summed E-state index contributed by atoms with van der Waals surface area (Å²) in [5, 5.41) is 0. The molecule has 0 radical (unpaired) electrons. The molecule has 0 bridgehead atoms. The van der Waals surface area contributed by atoms with Crippen molar-refractivity contribution in [3.8, 4) is 0 Å². The third-order valence-electron chi connectivity index (χ3n) is 7.30. The number of benzene rings is 2. The average Bonchev–Trinajstić information content (AvgIpc) is 2.92. The third-order valence-corrected chi connectivity index (χ3v) is 7.30. The summed E-state index contributed by atoms with van der Waals surface area (Å²) >= 11 is 0. The van der Waals surface area contributed by atoms with E-state index in [-0.39, 0.29) is 24.1 Å². The molecule has 0 spiro atoms. The molecule has 0 N–H and O–H groups in total. The topological polar surface area (TPSA) is 52.6 Å². The van der Waals surface area contributed by atoms with Gasteiger partial charge in [-0.3, -0.25) is 0 Å². The van der Waals surface area contributed by atoms with Gasteiger partial charge in [-0.1, -0.05) is 77.6 Å². The molecule has 39 heavy (non-hydrogen) atoms. The first kappa shape index (κ1) is 32.6. The molecule has 216 valence electrons. The average molecular weight is 537 g/mol. The molecule has 4 heteroatoms. The Kier molecular flexibility index (Phi) is 14.9. The fourth-order valence-corrected chi connectivity index (χ4v) is 4.97. The van der Waals surface area contributed by atoms with Gasteiger partial charge in [-0.05, 0) is 99.6 Å². The van der Waals surface area contributed by atoms with Crippen LogP contribution in [0.5, 0.6) is 0 Å². The molecule has 0 aliphatic rings. The second-order valence-corrected chi connectivity index (χ2v) is 11.1. The summed E-state index contributed by atoms with van der Waals surface area (Å²) in [6.45, 7) is 12.5. The number of rotatable bonds is 18. The third kappa shape index (κ3) is 11.2. The van der Waals surface area contributed by atoms with Gasteiger partial charge in [0.2, 0.25) is 0 Å². The molecule has 2 aromatic rings. The van der Waals surface area contributed by atoms with E-state index in [9.17, 15) is 9.59 Å². The highest BCUT2D eigenvalue weighted by Gasteiger charge is 2.21. The first-order chi connectivity index (χ1) is 18.8. The van der Waals surface area contributed by atoms with Gasteiger partial charge in [0.25, 0.3) is 0 Å². The van der Waals surface area contributed by atoms with Crippen LogP contribution in [-0.2, 0) is 35.2 Å². The monoisotopic (exact) mass is 536 g/mol. The number of hydrogen-bond acceptors (Lipinski definition) is 4. The normalized spacial score (nSPS) is 12.7. The van der Waals surface area contributed by atoms with Crippen LogP contribution in [0, 0.1) is 0 Å². The van der Waals surface area contributed by atoms with Crippen molar-refractivity contribution in [2.45, 2.75) is 137 Å². The van der Waals surface area contributed by atoms with E-state index in [1.165, 1.54) is 11.1 Å². The molecule has 0 heterocycles. The van der Waals surface area contributed by atoms with Crippen LogP contribution in [0.25, 0.3) is 0 Å². The molecule has 2 aromatic carbocycles. The van der Waals surface area contributed by atoms with Crippen LogP contribution in [0.4, 0.5) is 0 Å². The molecule has 2 unspecified atom stereocenters. The SMILES string of the molecule is CCCCc1ccc(C(=O)OC(C)CC(C)OC(=O)c2ccc(CCCC)cc2CCCC)c(CCCC)c1. The predicted octanol–water partition coefficient (Wildman–Crippen LogP) is 9.24. The standard InChI is InChI=1S/C35H52O4/c1-7-11-15-28-19-21-32(30(24-28)17-13-9-3)34(36)38-26(5)23-27(6)39-35(37)33-22-20-29(16-12-8-2)25-31(33)18-14-10-4/h19-22,24-27H,7-18,23H2,1-6H3.